The van der Waals surface area contributed by atoms with Gasteiger partial charge in [-0.15, -0.1) is 0 Å². The predicted molar refractivity (Wildman–Crippen MR) is 69.1 cm³/mol. The summed E-state index contributed by atoms with van der Waals surface area (Å²) in [6, 6.07) is 0. The fraction of sp³-hybridized carbons (Fsp3) is 1.00. The number of hydrogen-bond acceptors (Lipinski definition) is 3. The number of hydrogen-bond donors (Lipinski definition) is 1. The van der Waals surface area contributed by atoms with E-state index in [4.69, 9.17) is 4.74 Å². The van der Waals surface area contributed by atoms with E-state index in [2.05, 4.69) is 11.8 Å². The van der Waals surface area contributed by atoms with Gasteiger partial charge in [-0.05, 0) is 32.2 Å². The fourth-order valence-corrected chi connectivity index (χ4v) is 3.35. The van der Waals surface area contributed by atoms with E-state index in [0.29, 0.717) is 12.7 Å². The van der Waals surface area contributed by atoms with Crippen molar-refractivity contribution >= 4 is 0 Å². The maximum Gasteiger partial charge on any atom is 0.0702 e. The van der Waals surface area contributed by atoms with Crippen LogP contribution in [0.5, 0.6) is 0 Å². The second-order valence-corrected chi connectivity index (χ2v) is 5.83. The van der Waals surface area contributed by atoms with Gasteiger partial charge in [0.25, 0.3) is 0 Å². The van der Waals surface area contributed by atoms with Crippen molar-refractivity contribution < 1.29 is 9.84 Å². The lowest BCUT2D eigenvalue weighted by Crippen LogP contribution is -2.41. The number of nitrogens with zero attached hydrogens (tertiary/aromatic N) is 1. The zero-order valence-electron chi connectivity index (χ0n) is 11.2. The SMILES string of the molecule is CCN(CC1CCCO1)CC1(CO)CCCC1. The molecule has 100 valence electrons. The molecule has 3 nitrogen and oxygen atoms in total. The summed E-state index contributed by atoms with van der Waals surface area (Å²) in [5.41, 5.74) is 0.189. The van der Waals surface area contributed by atoms with Crippen LogP contribution in [0.2, 0.25) is 0 Å². The molecule has 1 aliphatic carbocycles. The van der Waals surface area contributed by atoms with Gasteiger partial charge in [0.1, 0.15) is 0 Å². The Kier molecular flexibility index (Phi) is 4.83. The highest BCUT2D eigenvalue weighted by molar-refractivity contribution is 4.87. The van der Waals surface area contributed by atoms with E-state index in [1.54, 1.807) is 0 Å². The lowest BCUT2D eigenvalue weighted by molar-refractivity contribution is 0.0377. The Morgan fingerprint density at radius 3 is 2.59 bits per heavy atom. The Balaban J connectivity index is 1.84. The minimum Gasteiger partial charge on any atom is -0.396 e. The van der Waals surface area contributed by atoms with Crippen molar-refractivity contribution in [1.29, 1.82) is 0 Å². The molecule has 1 N–H and O–H groups in total. The molecule has 0 amide bonds. The topological polar surface area (TPSA) is 32.7 Å². The Hall–Kier alpha value is -0.120. The molecule has 1 atom stereocenters. The molecule has 1 saturated carbocycles. The first-order chi connectivity index (χ1) is 8.28. The Bertz CT molecular complexity index is 220. The molecule has 0 spiro atoms. The number of rotatable bonds is 6. The standard InChI is InChI=1S/C14H27NO2/c1-2-15(10-13-6-5-9-17-13)11-14(12-16)7-3-4-8-14/h13,16H,2-12H2,1H3. The summed E-state index contributed by atoms with van der Waals surface area (Å²) >= 11 is 0. The lowest BCUT2D eigenvalue weighted by Gasteiger charge is -2.34. The average Bonchev–Trinajstić information content (AvgIpc) is 3.00. The van der Waals surface area contributed by atoms with Gasteiger partial charge in [0.15, 0.2) is 0 Å². The molecule has 0 bridgehead atoms. The molecular weight excluding hydrogens is 214 g/mol. The van der Waals surface area contributed by atoms with E-state index in [9.17, 15) is 5.11 Å². The van der Waals surface area contributed by atoms with Gasteiger partial charge < -0.3 is 14.7 Å². The summed E-state index contributed by atoms with van der Waals surface area (Å²) in [4.78, 5) is 2.48. The maximum absolute atomic E-state index is 9.66. The molecule has 1 aliphatic heterocycles. The third kappa shape index (κ3) is 3.43. The van der Waals surface area contributed by atoms with Crippen LogP contribution in [-0.2, 0) is 4.74 Å². The smallest absolute Gasteiger partial charge is 0.0702 e. The molecule has 17 heavy (non-hydrogen) atoms. The molecule has 0 aromatic carbocycles. The maximum atomic E-state index is 9.66. The van der Waals surface area contributed by atoms with Crippen LogP contribution in [0.25, 0.3) is 0 Å². The molecule has 3 heteroatoms. The zero-order chi connectivity index (χ0) is 12.1. The molecule has 1 heterocycles. The first-order valence-corrected chi connectivity index (χ1v) is 7.23. The molecule has 1 saturated heterocycles. The fourth-order valence-electron chi connectivity index (χ4n) is 3.35. The highest BCUT2D eigenvalue weighted by Crippen LogP contribution is 2.38. The average molecular weight is 241 g/mol. The molecule has 2 aliphatic rings. The lowest BCUT2D eigenvalue weighted by atomic mass is 9.86. The molecular formula is C14H27NO2. The van der Waals surface area contributed by atoms with Crippen LogP contribution in [0, 0.1) is 5.41 Å². The summed E-state index contributed by atoms with van der Waals surface area (Å²) in [7, 11) is 0. The van der Waals surface area contributed by atoms with Crippen LogP contribution in [-0.4, -0.2) is 49.0 Å². The molecule has 1 unspecified atom stereocenters. The molecule has 0 aromatic heterocycles. The van der Waals surface area contributed by atoms with Crippen LogP contribution in [0.15, 0.2) is 0 Å². The van der Waals surface area contributed by atoms with Gasteiger partial charge in [-0.3, -0.25) is 0 Å². The van der Waals surface area contributed by atoms with Crippen LogP contribution in [0.3, 0.4) is 0 Å². The van der Waals surface area contributed by atoms with Gasteiger partial charge in [-0.25, -0.2) is 0 Å². The van der Waals surface area contributed by atoms with E-state index in [1.807, 2.05) is 0 Å². The van der Waals surface area contributed by atoms with Crippen LogP contribution in [0.4, 0.5) is 0 Å². The number of aliphatic hydroxyl groups is 1. The van der Waals surface area contributed by atoms with Crippen molar-refractivity contribution in [2.24, 2.45) is 5.41 Å². The van der Waals surface area contributed by atoms with Crippen molar-refractivity contribution in [3.8, 4) is 0 Å². The van der Waals surface area contributed by atoms with E-state index in [1.165, 1.54) is 38.5 Å². The predicted octanol–water partition coefficient (Wildman–Crippen LogP) is 2.04. The van der Waals surface area contributed by atoms with Crippen molar-refractivity contribution in [2.45, 2.75) is 51.6 Å². The third-order valence-electron chi connectivity index (χ3n) is 4.49. The van der Waals surface area contributed by atoms with Gasteiger partial charge in [-0.1, -0.05) is 19.8 Å². The largest absolute Gasteiger partial charge is 0.396 e. The van der Waals surface area contributed by atoms with Crippen LogP contribution >= 0.6 is 0 Å². The van der Waals surface area contributed by atoms with Gasteiger partial charge in [-0.2, -0.15) is 0 Å². The summed E-state index contributed by atoms with van der Waals surface area (Å²) in [6.45, 7) is 6.69. The summed E-state index contributed by atoms with van der Waals surface area (Å²) < 4.78 is 5.71. The first kappa shape index (κ1) is 13.3. The summed E-state index contributed by atoms with van der Waals surface area (Å²) in [5.74, 6) is 0. The van der Waals surface area contributed by atoms with Gasteiger partial charge in [0.05, 0.1) is 6.10 Å². The quantitative estimate of drug-likeness (QED) is 0.772. The Morgan fingerprint density at radius 2 is 2.06 bits per heavy atom. The second-order valence-electron chi connectivity index (χ2n) is 5.83. The normalized spacial score (nSPS) is 28.1. The van der Waals surface area contributed by atoms with Crippen molar-refractivity contribution in [2.75, 3.05) is 32.8 Å². The molecule has 2 fully saturated rings. The third-order valence-corrected chi connectivity index (χ3v) is 4.49. The van der Waals surface area contributed by atoms with E-state index in [0.717, 1.165) is 26.2 Å². The van der Waals surface area contributed by atoms with Crippen LogP contribution in [0.1, 0.15) is 45.4 Å². The van der Waals surface area contributed by atoms with Crippen molar-refractivity contribution in [1.82, 2.24) is 4.90 Å². The Morgan fingerprint density at radius 1 is 1.29 bits per heavy atom. The Labute approximate surface area is 105 Å². The van der Waals surface area contributed by atoms with Gasteiger partial charge >= 0.3 is 0 Å². The minimum atomic E-state index is 0.189. The number of ether oxygens (including phenoxy) is 1. The zero-order valence-corrected chi connectivity index (χ0v) is 11.2. The van der Waals surface area contributed by atoms with Crippen molar-refractivity contribution in [3.05, 3.63) is 0 Å². The number of likely N-dealkylation sites (N-methyl/N-ethyl adjacent to an activating group) is 1. The van der Waals surface area contributed by atoms with E-state index >= 15 is 0 Å². The second kappa shape index (κ2) is 6.17. The van der Waals surface area contributed by atoms with E-state index in [-0.39, 0.29) is 5.41 Å². The highest BCUT2D eigenvalue weighted by atomic mass is 16.5. The van der Waals surface area contributed by atoms with Crippen LogP contribution < -0.4 is 0 Å². The molecule has 2 rings (SSSR count). The van der Waals surface area contributed by atoms with Crippen molar-refractivity contribution in [3.63, 3.8) is 0 Å². The highest BCUT2D eigenvalue weighted by Gasteiger charge is 2.35. The van der Waals surface area contributed by atoms with Gasteiger partial charge in [0.2, 0.25) is 0 Å². The number of aliphatic hydroxyl groups excluding tert-OH is 1. The minimum absolute atomic E-state index is 0.189. The molecule has 0 radical (unpaired) electrons. The first-order valence-electron chi connectivity index (χ1n) is 7.23. The summed E-state index contributed by atoms with van der Waals surface area (Å²) in [6.07, 6.45) is 7.84. The monoisotopic (exact) mass is 241 g/mol. The van der Waals surface area contributed by atoms with E-state index < -0.39 is 0 Å². The molecule has 0 aromatic rings. The van der Waals surface area contributed by atoms with Gasteiger partial charge in [0, 0.05) is 31.7 Å². The summed E-state index contributed by atoms with van der Waals surface area (Å²) in [5, 5.41) is 9.66.